The Bertz CT molecular complexity index is 456. The van der Waals surface area contributed by atoms with Gasteiger partial charge in [-0.15, -0.1) is 0 Å². The van der Waals surface area contributed by atoms with E-state index in [1.165, 1.54) is 26.0 Å². The Morgan fingerprint density at radius 3 is 2.43 bits per heavy atom. The molecule has 1 aromatic carbocycles. The summed E-state index contributed by atoms with van der Waals surface area (Å²) in [5.41, 5.74) is 6.90. The standard InChI is InChI=1S/C17H26FNO2/c1-3-21-17(10-6-4-5-7-11-17)16(19)13-8-9-15(20-2)14(18)12-13/h8-9,12,16H,3-7,10-11,19H2,1-2H3. The topological polar surface area (TPSA) is 44.5 Å². The maximum Gasteiger partial charge on any atom is 0.165 e. The molecule has 2 rings (SSSR count). The highest BCUT2D eigenvalue weighted by Crippen LogP contribution is 2.40. The highest BCUT2D eigenvalue weighted by atomic mass is 19.1. The van der Waals surface area contributed by atoms with Crippen LogP contribution in [0, 0.1) is 5.82 Å². The summed E-state index contributed by atoms with van der Waals surface area (Å²) in [5, 5.41) is 0. The summed E-state index contributed by atoms with van der Waals surface area (Å²) in [7, 11) is 1.46. The van der Waals surface area contributed by atoms with E-state index in [1.54, 1.807) is 6.07 Å². The first-order valence-corrected chi connectivity index (χ1v) is 7.86. The molecule has 118 valence electrons. The smallest absolute Gasteiger partial charge is 0.165 e. The van der Waals surface area contributed by atoms with E-state index in [0.29, 0.717) is 6.61 Å². The van der Waals surface area contributed by atoms with E-state index < -0.39 is 0 Å². The van der Waals surface area contributed by atoms with Crippen LogP contribution in [-0.2, 0) is 4.74 Å². The van der Waals surface area contributed by atoms with Gasteiger partial charge in [-0.1, -0.05) is 31.7 Å². The Morgan fingerprint density at radius 2 is 1.90 bits per heavy atom. The molecule has 21 heavy (non-hydrogen) atoms. The summed E-state index contributed by atoms with van der Waals surface area (Å²) in [6.07, 6.45) is 6.56. The average molecular weight is 295 g/mol. The summed E-state index contributed by atoms with van der Waals surface area (Å²) >= 11 is 0. The number of rotatable bonds is 5. The molecule has 1 aliphatic rings. The molecule has 1 aliphatic carbocycles. The van der Waals surface area contributed by atoms with Crippen molar-refractivity contribution in [3.8, 4) is 5.75 Å². The molecule has 1 saturated carbocycles. The maximum atomic E-state index is 13.9. The Balaban J connectivity index is 2.28. The van der Waals surface area contributed by atoms with Gasteiger partial charge in [0.2, 0.25) is 0 Å². The van der Waals surface area contributed by atoms with E-state index in [1.807, 2.05) is 13.0 Å². The van der Waals surface area contributed by atoms with Gasteiger partial charge in [-0.25, -0.2) is 4.39 Å². The zero-order valence-corrected chi connectivity index (χ0v) is 13.0. The fourth-order valence-corrected chi connectivity index (χ4v) is 3.34. The predicted octanol–water partition coefficient (Wildman–Crippen LogP) is 3.96. The van der Waals surface area contributed by atoms with E-state index in [9.17, 15) is 4.39 Å². The van der Waals surface area contributed by atoms with Crippen LogP contribution in [0.15, 0.2) is 18.2 Å². The summed E-state index contributed by atoms with van der Waals surface area (Å²) in [6, 6.07) is 4.66. The van der Waals surface area contributed by atoms with Crippen LogP contribution < -0.4 is 10.5 Å². The minimum atomic E-state index is -0.370. The van der Waals surface area contributed by atoms with Gasteiger partial charge in [-0.2, -0.15) is 0 Å². The number of hydrogen-bond acceptors (Lipinski definition) is 3. The molecule has 0 spiro atoms. The molecule has 2 N–H and O–H groups in total. The Morgan fingerprint density at radius 1 is 1.24 bits per heavy atom. The van der Waals surface area contributed by atoms with Gasteiger partial charge in [0.1, 0.15) is 0 Å². The van der Waals surface area contributed by atoms with Crippen molar-refractivity contribution in [1.29, 1.82) is 0 Å². The molecule has 0 aromatic heterocycles. The normalized spacial score (nSPS) is 19.8. The van der Waals surface area contributed by atoms with Crippen LogP contribution >= 0.6 is 0 Å². The second kappa shape index (κ2) is 7.23. The molecule has 0 saturated heterocycles. The molecule has 1 unspecified atom stereocenters. The third-order valence-corrected chi connectivity index (χ3v) is 4.48. The molecule has 0 aliphatic heterocycles. The minimum absolute atomic E-state index is 0.247. The molecule has 0 heterocycles. The van der Waals surface area contributed by atoms with Crippen molar-refractivity contribution >= 4 is 0 Å². The van der Waals surface area contributed by atoms with Crippen LogP contribution in [0.5, 0.6) is 5.75 Å². The van der Waals surface area contributed by atoms with Crippen molar-refractivity contribution in [3.05, 3.63) is 29.6 Å². The highest BCUT2D eigenvalue weighted by molar-refractivity contribution is 5.32. The van der Waals surface area contributed by atoms with E-state index in [-0.39, 0.29) is 23.2 Å². The van der Waals surface area contributed by atoms with Crippen molar-refractivity contribution in [2.24, 2.45) is 5.73 Å². The molecular formula is C17H26FNO2. The van der Waals surface area contributed by atoms with Gasteiger partial charge < -0.3 is 15.2 Å². The van der Waals surface area contributed by atoms with Gasteiger partial charge in [0.15, 0.2) is 11.6 Å². The minimum Gasteiger partial charge on any atom is -0.494 e. The monoisotopic (exact) mass is 295 g/mol. The molecular weight excluding hydrogens is 269 g/mol. The fraction of sp³-hybridized carbons (Fsp3) is 0.647. The van der Waals surface area contributed by atoms with Crippen LogP contribution in [0.3, 0.4) is 0 Å². The quantitative estimate of drug-likeness (QED) is 0.836. The summed E-state index contributed by atoms with van der Waals surface area (Å²) in [6.45, 7) is 2.63. The van der Waals surface area contributed by atoms with Crippen molar-refractivity contribution in [3.63, 3.8) is 0 Å². The Labute approximate surface area is 126 Å². The van der Waals surface area contributed by atoms with E-state index in [4.69, 9.17) is 15.2 Å². The molecule has 4 heteroatoms. The first-order valence-electron chi connectivity index (χ1n) is 7.86. The van der Waals surface area contributed by atoms with Gasteiger partial charge in [-0.3, -0.25) is 0 Å². The number of ether oxygens (including phenoxy) is 2. The van der Waals surface area contributed by atoms with Crippen LogP contribution in [0.2, 0.25) is 0 Å². The average Bonchev–Trinajstić information content (AvgIpc) is 2.73. The van der Waals surface area contributed by atoms with Crippen molar-refractivity contribution in [2.45, 2.75) is 57.1 Å². The van der Waals surface area contributed by atoms with Gasteiger partial charge in [0.25, 0.3) is 0 Å². The largest absolute Gasteiger partial charge is 0.494 e. The summed E-state index contributed by atoms with van der Waals surface area (Å²) in [5.74, 6) is -0.122. The molecule has 3 nitrogen and oxygen atoms in total. The second-order valence-electron chi connectivity index (χ2n) is 5.78. The number of nitrogens with two attached hydrogens (primary N) is 1. The number of benzene rings is 1. The highest BCUT2D eigenvalue weighted by Gasteiger charge is 2.38. The van der Waals surface area contributed by atoms with E-state index >= 15 is 0 Å². The Hall–Kier alpha value is -1.13. The van der Waals surface area contributed by atoms with Crippen molar-refractivity contribution in [2.75, 3.05) is 13.7 Å². The lowest BCUT2D eigenvalue weighted by Crippen LogP contribution is -2.43. The SMILES string of the molecule is CCOC1(C(N)c2ccc(OC)c(F)c2)CCCCCC1. The molecule has 1 aromatic rings. The summed E-state index contributed by atoms with van der Waals surface area (Å²) in [4.78, 5) is 0. The van der Waals surface area contributed by atoms with Gasteiger partial charge in [0, 0.05) is 6.61 Å². The van der Waals surface area contributed by atoms with Crippen molar-refractivity contribution < 1.29 is 13.9 Å². The molecule has 0 amide bonds. The second-order valence-corrected chi connectivity index (χ2v) is 5.78. The molecule has 1 atom stereocenters. The van der Waals surface area contributed by atoms with Crippen molar-refractivity contribution in [1.82, 2.24) is 0 Å². The molecule has 1 fully saturated rings. The van der Waals surface area contributed by atoms with Gasteiger partial charge in [-0.05, 0) is 37.5 Å². The first kappa shape index (κ1) is 16.2. The van der Waals surface area contributed by atoms with E-state index in [2.05, 4.69) is 0 Å². The zero-order chi connectivity index (χ0) is 15.3. The van der Waals surface area contributed by atoms with Crippen LogP contribution in [0.4, 0.5) is 4.39 Å². The summed E-state index contributed by atoms with van der Waals surface area (Å²) < 4.78 is 25.0. The maximum absolute atomic E-state index is 13.9. The lowest BCUT2D eigenvalue weighted by molar-refractivity contribution is -0.0696. The number of methoxy groups -OCH3 is 1. The number of hydrogen-bond donors (Lipinski definition) is 1. The van der Waals surface area contributed by atoms with Gasteiger partial charge in [0.05, 0.1) is 18.8 Å². The van der Waals surface area contributed by atoms with Crippen LogP contribution in [-0.4, -0.2) is 19.3 Å². The zero-order valence-electron chi connectivity index (χ0n) is 13.0. The Kier molecular flexibility index (Phi) is 5.59. The molecule has 0 bridgehead atoms. The van der Waals surface area contributed by atoms with Crippen LogP contribution in [0.25, 0.3) is 0 Å². The van der Waals surface area contributed by atoms with Gasteiger partial charge >= 0.3 is 0 Å². The van der Waals surface area contributed by atoms with Crippen LogP contribution in [0.1, 0.15) is 57.1 Å². The fourth-order valence-electron chi connectivity index (χ4n) is 3.34. The lowest BCUT2D eigenvalue weighted by Gasteiger charge is -2.38. The predicted molar refractivity (Wildman–Crippen MR) is 81.9 cm³/mol. The number of halogens is 1. The third-order valence-electron chi connectivity index (χ3n) is 4.48. The van der Waals surface area contributed by atoms with E-state index in [0.717, 1.165) is 31.2 Å². The first-order chi connectivity index (χ1) is 10.1. The molecule has 0 radical (unpaired) electrons. The lowest BCUT2D eigenvalue weighted by atomic mass is 9.82. The third kappa shape index (κ3) is 3.55.